The molecule has 20 heavy (non-hydrogen) atoms. The lowest BCUT2D eigenvalue weighted by Crippen LogP contribution is -2.28. The molecule has 6 nitrogen and oxygen atoms in total. The van der Waals surface area contributed by atoms with Crippen LogP contribution >= 0.6 is 0 Å². The molecule has 0 aliphatic carbocycles. The van der Waals surface area contributed by atoms with Gasteiger partial charge in [0.05, 0.1) is 19.3 Å². The Kier molecular flexibility index (Phi) is 4.60. The van der Waals surface area contributed by atoms with Crippen molar-refractivity contribution >= 4 is 5.91 Å². The molecule has 0 unspecified atom stereocenters. The molecule has 0 spiro atoms. The fraction of sp³-hybridized carbons (Fsp3) is 0.286. The Morgan fingerprint density at radius 1 is 1.35 bits per heavy atom. The summed E-state index contributed by atoms with van der Waals surface area (Å²) in [6.45, 7) is 2.02. The minimum absolute atomic E-state index is 0.0897. The molecule has 0 aliphatic heterocycles. The first-order chi connectivity index (χ1) is 9.70. The van der Waals surface area contributed by atoms with Gasteiger partial charge in [-0.15, -0.1) is 0 Å². The van der Waals surface area contributed by atoms with Crippen LogP contribution in [-0.4, -0.2) is 24.6 Å². The first-order valence-electron chi connectivity index (χ1n) is 6.12. The lowest BCUT2D eigenvalue weighted by molar-refractivity contribution is -0.123. The van der Waals surface area contributed by atoms with Gasteiger partial charge in [0.2, 0.25) is 0 Å². The zero-order valence-corrected chi connectivity index (χ0v) is 11.4. The number of para-hydroxylation sites is 2. The average Bonchev–Trinajstić information content (AvgIpc) is 2.88. The highest BCUT2D eigenvalue weighted by atomic mass is 16.5. The molecule has 1 N–H and O–H groups in total. The molecule has 0 radical (unpaired) electrons. The number of aromatic nitrogens is 1. The van der Waals surface area contributed by atoms with Crippen LogP contribution in [0.2, 0.25) is 0 Å². The number of ether oxygens (including phenoxy) is 2. The number of benzene rings is 1. The summed E-state index contributed by atoms with van der Waals surface area (Å²) < 4.78 is 15.7. The van der Waals surface area contributed by atoms with E-state index in [2.05, 4.69) is 10.3 Å². The van der Waals surface area contributed by atoms with E-state index in [0.29, 0.717) is 23.8 Å². The number of methoxy groups -OCH3 is 1. The van der Waals surface area contributed by atoms with Crippen LogP contribution in [0.25, 0.3) is 0 Å². The average molecular weight is 276 g/mol. The van der Waals surface area contributed by atoms with Crippen molar-refractivity contribution < 1.29 is 18.7 Å². The molecule has 0 atom stereocenters. The number of hydrogen-bond donors (Lipinski definition) is 1. The standard InChI is InChI=1S/C14H16N2O4/c1-10-13(20-9-16-10)7-15-14(17)8-19-12-6-4-3-5-11(12)18-2/h3-6,9H,7-8H2,1-2H3,(H,15,17). The van der Waals surface area contributed by atoms with Gasteiger partial charge in [0.15, 0.2) is 24.5 Å². The molecular formula is C14H16N2O4. The van der Waals surface area contributed by atoms with E-state index in [9.17, 15) is 4.79 Å². The third kappa shape index (κ3) is 3.50. The summed E-state index contributed by atoms with van der Waals surface area (Å²) in [5.74, 6) is 1.51. The number of amides is 1. The van der Waals surface area contributed by atoms with Crippen molar-refractivity contribution in [2.24, 2.45) is 0 Å². The van der Waals surface area contributed by atoms with Gasteiger partial charge in [-0.3, -0.25) is 4.79 Å². The Bertz CT molecular complexity index is 580. The molecule has 1 aromatic carbocycles. The summed E-state index contributed by atoms with van der Waals surface area (Å²) in [7, 11) is 1.55. The third-order valence-electron chi connectivity index (χ3n) is 2.72. The molecule has 0 bridgehead atoms. The maximum atomic E-state index is 11.7. The van der Waals surface area contributed by atoms with E-state index in [1.165, 1.54) is 6.39 Å². The Morgan fingerprint density at radius 2 is 2.10 bits per heavy atom. The first kappa shape index (κ1) is 13.9. The summed E-state index contributed by atoms with van der Waals surface area (Å²) >= 11 is 0. The largest absolute Gasteiger partial charge is 0.493 e. The highest BCUT2D eigenvalue weighted by Crippen LogP contribution is 2.25. The van der Waals surface area contributed by atoms with Gasteiger partial charge in [-0.1, -0.05) is 12.1 Å². The van der Waals surface area contributed by atoms with E-state index in [4.69, 9.17) is 13.9 Å². The predicted molar refractivity (Wildman–Crippen MR) is 71.6 cm³/mol. The maximum Gasteiger partial charge on any atom is 0.258 e. The fourth-order valence-electron chi connectivity index (χ4n) is 1.61. The van der Waals surface area contributed by atoms with Crippen molar-refractivity contribution in [2.45, 2.75) is 13.5 Å². The normalized spacial score (nSPS) is 10.1. The number of nitrogens with one attached hydrogen (secondary N) is 1. The zero-order valence-electron chi connectivity index (χ0n) is 11.4. The fourth-order valence-corrected chi connectivity index (χ4v) is 1.61. The minimum atomic E-state index is -0.244. The van der Waals surface area contributed by atoms with Crippen molar-refractivity contribution in [1.82, 2.24) is 10.3 Å². The summed E-state index contributed by atoms with van der Waals surface area (Å²) in [6, 6.07) is 7.16. The number of aryl methyl sites for hydroxylation is 1. The van der Waals surface area contributed by atoms with Gasteiger partial charge in [-0.05, 0) is 19.1 Å². The van der Waals surface area contributed by atoms with Gasteiger partial charge in [-0.2, -0.15) is 0 Å². The molecule has 2 aromatic rings. The van der Waals surface area contributed by atoms with Crippen molar-refractivity contribution in [3.05, 3.63) is 42.1 Å². The SMILES string of the molecule is COc1ccccc1OCC(=O)NCc1ocnc1C. The van der Waals surface area contributed by atoms with Crippen LogP contribution in [0.4, 0.5) is 0 Å². The second-order valence-corrected chi connectivity index (χ2v) is 4.08. The molecule has 0 saturated heterocycles. The second kappa shape index (κ2) is 6.60. The lowest BCUT2D eigenvalue weighted by atomic mass is 10.3. The molecule has 0 saturated carbocycles. The van der Waals surface area contributed by atoms with Crippen molar-refractivity contribution in [3.8, 4) is 11.5 Å². The van der Waals surface area contributed by atoms with Crippen LogP contribution in [0.3, 0.4) is 0 Å². The number of nitrogens with zero attached hydrogens (tertiary/aromatic N) is 1. The highest BCUT2D eigenvalue weighted by Gasteiger charge is 2.08. The molecule has 1 amide bonds. The third-order valence-corrected chi connectivity index (χ3v) is 2.72. The van der Waals surface area contributed by atoms with Crippen molar-refractivity contribution in [2.75, 3.05) is 13.7 Å². The Morgan fingerprint density at radius 3 is 2.75 bits per heavy atom. The second-order valence-electron chi connectivity index (χ2n) is 4.08. The quantitative estimate of drug-likeness (QED) is 0.869. The number of hydrogen-bond acceptors (Lipinski definition) is 5. The smallest absolute Gasteiger partial charge is 0.258 e. The minimum Gasteiger partial charge on any atom is -0.493 e. The number of rotatable bonds is 6. The summed E-state index contributed by atoms with van der Waals surface area (Å²) in [6.07, 6.45) is 1.35. The summed E-state index contributed by atoms with van der Waals surface area (Å²) in [4.78, 5) is 15.6. The van der Waals surface area contributed by atoms with E-state index < -0.39 is 0 Å². The first-order valence-corrected chi connectivity index (χ1v) is 6.12. The van der Waals surface area contributed by atoms with Gasteiger partial charge >= 0.3 is 0 Å². The zero-order chi connectivity index (χ0) is 14.4. The van der Waals surface area contributed by atoms with E-state index >= 15 is 0 Å². The molecule has 6 heteroatoms. The monoisotopic (exact) mass is 276 g/mol. The molecule has 1 aromatic heterocycles. The summed E-state index contributed by atoms with van der Waals surface area (Å²) in [5.41, 5.74) is 0.760. The van der Waals surface area contributed by atoms with Crippen molar-refractivity contribution in [3.63, 3.8) is 0 Å². The van der Waals surface area contributed by atoms with Crippen LogP contribution in [0, 0.1) is 6.92 Å². The number of oxazole rings is 1. The Balaban J connectivity index is 1.82. The van der Waals surface area contributed by atoms with Gasteiger partial charge in [-0.25, -0.2) is 4.98 Å². The van der Waals surface area contributed by atoms with Crippen molar-refractivity contribution in [1.29, 1.82) is 0 Å². The number of carbonyl (C=O) groups excluding carboxylic acids is 1. The summed E-state index contributed by atoms with van der Waals surface area (Å²) in [5, 5.41) is 2.70. The topological polar surface area (TPSA) is 73.6 Å². The van der Waals surface area contributed by atoms with Crippen LogP contribution in [0.5, 0.6) is 11.5 Å². The van der Waals surface area contributed by atoms with Gasteiger partial charge in [0.1, 0.15) is 5.76 Å². The van der Waals surface area contributed by atoms with Gasteiger partial charge in [0, 0.05) is 0 Å². The maximum absolute atomic E-state index is 11.7. The van der Waals surface area contributed by atoms with Crippen LogP contribution in [0.1, 0.15) is 11.5 Å². The predicted octanol–water partition coefficient (Wildman–Crippen LogP) is 1.69. The van der Waals surface area contributed by atoms with E-state index in [1.54, 1.807) is 19.2 Å². The molecule has 0 fully saturated rings. The lowest BCUT2D eigenvalue weighted by Gasteiger charge is -2.10. The van der Waals surface area contributed by atoms with Crippen LogP contribution in [-0.2, 0) is 11.3 Å². The molecular weight excluding hydrogens is 260 g/mol. The Hall–Kier alpha value is -2.50. The van der Waals surface area contributed by atoms with Gasteiger partial charge in [0.25, 0.3) is 5.91 Å². The van der Waals surface area contributed by atoms with Crippen LogP contribution < -0.4 is 14.8 Å². The molecule has 106 valence electrons. The molecule has 2 rings (SSSR count). The van der Waals surface area contributed by atoms with Gasteiger partial charge < -0.3 is 19.2 Å². The van der Waals surface area contributed by atoms with E-state index in [0.717, 1.165) is 5.69 Å². The van der Waals surface area contributed by atoms with E-state index in [-0.39, 0.29) is 12.5 Å². The van der Waals surface area contributed by atoms with E-state index in [1.807, 2.05) is 19.1 Å². The number of carbonyl (C=O) groups is 1. The van der Waals surface area contributed by atoms with Crippen LogP contribution in [0.15, 0.2) is 35.1 Å². The Labute approximate surface area is 116 Å². The molecule has 0 aliphatic rings. The molecule has 1 heterocycles. The highest BCUT2D eigenvalue weighted by molar-refractivity contribution is 5.77.